The molecule has 0 aromatic rings. The average molecular weight is 313 g/mol. The normalized spacial score (nSPS) is 4.50. The minimum absolute atomic E-state index is 0. The van der Waals surface area contributed by atoms with Gasteiger partial charge in [0.05, 0.1) is 0 Å². The van der Waals surface area contributed by atoms with Gasteiger partial charge in [-0.25, -0.2) is 0 Å². The molecule has 34 valence electrons. The fourth-order valence-corrected chi connectivity index (χ4v) is 0. The van der Waals surface area contributed by atoms with Crippen LogP contribution in [0.2, 0.25) is 0 Å². The summed E-state index contributed by atoms with van der Waals surface area (Å²) in [7, 11) is -2.17. The van der Waals surface area contributed by atoms with Crippen LogP contribution in [0.3, 0.4) is 0 Å². The first kappa shape index (κ1) is 15.7. The third-order valence-electron chi connectivity index (χ3n) is 0. The van der Waals surface area contributed by atoms with E-state index in [0.717, 1.165) is 0 Å². The molecule has 0 aromatic heterocycles. The van der Waals surface area contributed by atoms with Gasteiger partial charge < -0.3 is 17.9 Å². The van der Waals surface area contributed by atoms with Crippen molar-refractivity contribution in [1.82, 2.24) is 0 Å². The van der Waals surface area contributed by atoms with Crippen molar-refractivity contribution in [1.29, 1.82) is 0 Å². The molecule has 0 heterocycles. The van der Waals surface area contributed by atoms with Crippen LogP contribution >= 0.6 is 0 Å². The molecule has 0 aliphatic carbocycles. The molecule has 0 fully saturated rings. The van der Waals surface area contributed by atoms with Gasteiger partial charge in [0.1, 0.15) is 0 Å². The van der Waals surface area contributed by atoms with Gasteiger partial charge in [-0.15, -0.1) is 0 Å². The molecule has 0 aliphatic heterocycles. The van der Waals surface area contributed by atoms with E-state index in [1.807, 2.05) is 0 Å². The standard InChI is InChI=1S/BH3O3.Ca.Pb.4H/c2-1(3)4;;;;;;/h2-4H;;;;;;/q;+2;;;;2*-1. The van der Waals surface area contributed by atoms with Gasteiger partial charge >= 0.3 is 72.4 Å². The van der Waals surface area contributed by atoms with Crippen LogP contribution < -0.4 is 0 Å². The zero-order chi connectivity index (χ0) is 3.58. The molecular formula is H7BCaO3Pb. The van der Waals surface area contributed by atoms with Crippen molar-refractivity contribution in [2.24, 2.45) is 0 Å². The summed E-state index contributed by atoms with van der Waals surface area (Å²) in [5.41, 5.74) is 0. The summed E-state index contributed by atoms with van der Waals surface area (Å²) >= 11 is 0. The van der Waals surface area contributed by atoms with Crippen molar-refractivity contribution in [3.63, 3.8) is 0 Å². The Hall–Kier alpha value is 2.13. The zero-order valence-electron chi connectivity index (χ0n) is 5.33. The van der Waals surface area contributed by atoms with Crippen molar-refractivity contribution in [2.45, 2.75) is 0 Å². The molecule has 3 nitrogen and oxygen atoms in total. The zero-order valence-corrected chi connectivity index (χ0v) is 11.0. The van der Waals surface area contributed by atoms with E-state index in [-0.39, 0.29) is 67.9 Å². The van der Waals surface area contributed by atoms with E-state index >= 15 is 0 Å². The molecule has 0 saturated heterocycles. The van der Waals surface area contributed by atoms with E-state index in [1.165, 1.54) is 0 Å². The average Bonchev–Trinajstić information content (AvgIpc) is 0.811. The summed E-state index contributed by atoms with van der Waals surface area (Å²) < 4.78 is 0. The van der Waals surface area contributed by atoms with Crippen LogP contribution in [0.1, 0.15) is 2.85 Å². The predicted molar refractivity (Wildman–Crippen MR) is 28.9 cm³/mol. The maximum absolute atomic E-state index is 7.17. The van der Waals surface area contributed by atoms with Crippen LogP contribution in [0.5, 0.6) is 0 Å². The third kappa shape index (κ3) is 35.6. The van der Waals surface area contributed by atoms with Gasteiger partial charge in [-0.05, 0) is 0 Å². The van der Waals surface area contributed by atoms with E-state index in [2.05, 4.69) is 0 Å². The summed E-state index contributed by atoms with van der Waals surface area (Å²) in [6, 6.07) is 0. The molecule has 2 radical (unpaired) electrons. The predicted octanol–water partition coefficient (Wildman–Crippen LogP) is -3.12. The number of hydrogen-bond acceptors (Lipinski definition) is 3. The monoisotopic (exact) mass is 314 g/mol. The Labute approximate surface area is 89.1 Å². The van der Waals surface area contributed by atoms with Gasteiger partial charge in [0.2, 0.25) is 0 Å². The number of rotatable bonds is 0. The molecule has 0 bridgehead atoms. The van der Waals surface area contributed by atoms with Crippen molar-refractivity contribution in [3.8, 4) is 0 Å². The first-order chi connectivity index (χ1) is 1.73. The molecule has 0 aliphatic rings. The van der Waals surface area contributed by atoms with E-state index in [4.69, 9.17) is 15.1 Å². The molecule has 0 saturated carbocycles. The summed E-state index contributed by atoms with van der Waals surface area (Å²) in [5, 5.41) is 21.5. The molecule has 0 rings (SSSR count). The van der Waals surface area contributed by atoms with Crippen molar-refractivity contribution in [2.75, 3.05) is 0 Å². The summed E-state index contributed by atoms with van der Waals surface area (Å²) in [6.45, 7) is 0. The molecule has 3 N–H and O–H groups in total. The molecule has 6 heteroatoms. The van der Waals surface area contributed by atoms with Crippen molar-refractivity contribution in [3.05, 3.63) is 0 Å². The molecule has 0 spiro atoms. The Morgan fingerprint density at radius 2 is 1.17 bits per heavy atom. The summed E-state index contributed by atoms with van der Waals surface area (Å²) in [4.78, 5) is 0. The van der Waals surface area contributed by atoms with Crippen LogP contribution in [0.25, 0.3) is 0 Å². The fraction of sp³-hybridized carbons (Fsp3) is 0. The van der Waals surface area contributed by atoms with E-state index in [0.29, 0.717) is 0 Å². The summed E-state index contributed by atoms with van der Waals surface area (Å²) in [5.74, 6) is 0. The summed E-state index contributed by atoms with van der Waals surface area (Å²) in [6.07, 6.45) is 0. The topological polar surface area (TPSA) is 60.7 Å². The van der Waals surface area contributed by atoms with Crippen molar-refractivity contribution < 1.29 is 17.9 Å². The van der Waals surface area contributed by atoms with Gasteiger partial charge in [-0.3, -0.25) is 0 Å². The van der Waals surface area contributed by atoms with Crippen LogP contribution in [-0.4, -0.2) is 87.4 Å². The number of hydrogen-bond donors (Lipinski definition) is 3. The van der Waals surface area contributed by atoms with E-state index < -0.39 is 7.32 Å². The van der Waals surface area contributed by atoms with Crippen LogP contribution in [0.15, 0.2) is 0 Å². The van der Waals surface area contributed by atoms with Crippen LogP contribution in [0, 0.1) is 0 Å². The minimum atomic E-state index is -2.17. The third-order valence-corrected chi connectivity index (χ3v) is 0. The second kappa shape index (κ2) is 10.2. The molecule has 6 heavy (non-hydrogen) atoms. The van der Waals surface area contributed by atoms with Gasteiger partial charge in [0.25, 0.3) is 0 Å². The molecule has 0 atom stereocenters. The maximum atomic E-state index is 7.17. The van der Waals surface area contributed by atoms with Gasteiger partial charge in [0, 0.05) is 0 Å². The Morgan fingerprint density at radius 3 is 1.17 bits per heavy atom. The van der Waals surface area contributed by atoms with E-state index in [1.54, 1.807) is 0 Å². The molecule has 0 unspecified atom stereocenters. The second-order valence-corrected chi connectivity index (χ2v) is 0.346. The quantitative estimate of drug-likeness (QED) is 0.415. The van der Waals surface area contributed by atoms with Crippen LogP contribution in [-0.2, 0) is 0 Å². The van der Waals surface area contributed by atoms with Crippen LogP contribution in [0.4, 0.5) is 0 Å². The molecular weight excluding hydrogens is 306 g/mol. The molecule has 0 amide bonds. The first-order valence-electron chi connectivity index (χ1n) is 0.775. The Bertz CT molecular complexity index is 22.0. The molecule has 0 aromatic carbocycles. The van der Waals surface area contributed by atoms with Gasteiger partial charge in [0.15, 0.2) is 0 Å². The second-order valence-electron chi connectivity index (χ2n) is 0.346. The van der Waals surface area contributed by atoms with E-state index in [9.17, 15) is 0 Å². The van der Waals surface area contributed by atoms with Gasteiger partial charge in [-0.1, -0.05) is 0 Å². The Kier molecular flexibility index (Phi) is 26.6. The van der Waals surface area contributed by atoms with Gasteiger partial charge in [-0.2, -0.15) is 0 Å². The first-order valence-corrected chi connectivity index (χ1v) is 0.775. The SMILES string of the molecule is OB(O)O.[Ca+2].[H-].[H-].[PbH2]. The Balaban J connectivity index is -0.00000000750. The Morgan fingerprint density at radius 1 is 1.17 bits per heavy atom. The fourth-order valence-electron chi connectivity index (χ4n) is 0. The van der Waals surface area contributed by atoms with Crippen molar-refractivity contribution >= 4 is 72.4 Å².